The minimum absolute atomic E-state index is 0.149. The molecule has 0 atom stereocenters. The summed E-state index contributed by atoms with van der Waals surface area (Å²) in [6, 6.07) is 0. The smallest absolute Gasteiger partial charge is 0.417 e. The molecule has 1 heterocycles. The Balaban J connectivity index is 2.74. The summed E-state index contributed by atoms with van der Waals surface area (Å²) in [4.78, 5) is 3.72. The second-order valence-corrected chi connectivity index (χ2v) is 1.38. The third-order valence-corrected chi connectivity index (χ3v) is 0.807. The number of nitrogens with zero attached hydrogens (tertiary/aromatic N) is 2. The highest BCUT2D eigenvalue weighted by Gasteiger charge is 2.01. The molecule has 1 aromatic rings. The second kappa shape index (κ2) is 2.45. The Kier molecular flexibility index (Phi) is 1.64. The van der Waals surface area contributed by atoms with Crippen LogP contribution in [0.1, 0.15) is 5.82 Å². The van der Waals surface area contributed by atoms with Crippen LogP contribution in [0.4, 0.5) is 0 Å². The van der Waals surface area contributed by atoms with Crippen molar-refractivity contribution in [1.29, 1.82) is 0 Å². The molecule has 0 aliphatic heterocycles. The Morgan fingerprint density at radius 1 is 1.78 bits per heavy atom. The van der Waals surface area contributed by atoms with Gasteiger partial charge in [-0.25, -0.2) is 0 Å². The number of ether oxygens (including phenoxy) is 1. The van der Waals surface area contributed by atoms with Gasteiger partial charge in [0, 0.05) is 0 Å². The van der Waals surface area contributed by atoms with E-state index in [0.717, 1.165) is 0 Å². The summed E-state index contributed by atoms with van der Waals surface area (Å²) in [5, 5.41) is 3.47. The molecular weight excluding hydrogens is 122 g/mol. The van der Waals surface area contributed by atoms with Crippen LogP contribution >= 0.6 is 0 Å². The summed E-state index contributed by atoms with van der Waals surface area (Å²) in [5.74, 6) is 0.451. The highest BCUT2D eigenvalue weighted by Crippen LogP contribution is 2.02. The Bertz CT molecular complexity index is 167. The highest BCUT2D eigenvalue weighted by atomic mass is 16.6. The average molecular weight is 129 g/mol. The van der Waals surface area contributed by atoms with Gasteiger partial charge in [-0.15, -0.1) is 0 Å². The zero-order valence-corrected chi connectivity index (χ0v) is 5.00. The van der Waals surface area contributed by atoms with Crippen LogP contribution in [0, 0.1) is 0 Å². The monoisotopic (exact) mass is 129 g/mol. The molecule has 0 amide bonds. The molecule has 0 saturated carbocycles. The molecule has 0 aliphatic rings. The molecule has 0 aromatic carbocycles. The molecule has 0 aliphatic carbocycles. The number of aromatic nitrogens is 2. The molecule has 0 unspecified atom stereocenters. The van der Waals surface area contributed by atoms with Gasteiger partial charge >= 0.3 is 6.08 Å². The van der Waals surface area contributed by atoms with Crippen LogP contribution in [-0.4, -0.2) is 17.3 Å². The minimum atomic E-state index is 0.149. The molecule has 0 bridgehead atoms. The molecule has 1 aromatic heterocycles. The van der Waals surface area contributed by atoms with Crippen molar-refractivity contribution in [3.05, 3.63) is 5.82 Å². The molecule has 1 rings (SSSR count). The van der Waals surface area contributed by atoms with Crippen LogP contribution in [0.3, 0.4) is 0 Å². The van der Waals surface area contributed by atoms with E-state index in [0.29, 0.717) is 5.82 Å². The SMILES string of the molecule is COc1nc(CN)no1. The van der Waals surface area contributed by atoms with Crippen LogP contribution in [-0.2, 0) is 6.54 Å². The highest BCUT2D eigenvalue weighted by molar-refractivity contribution is 4.88. The van der Waals surface area contributed by atoms with Gasteiger partial charge < -0.3 is 10.5 Å². The van der Waals surface area contributed by atoms with E-state index in [1.165, 1.54) is 7.11 Å². The zero-order chi connectivity index (χ0) is 6.69. The first-order valence-corrected chi connectivity index (χ1v) is 2.43. The van der Waals surface area contributed by atoms with E-state index in [-0.39, 0.29) is 12.6 Å². The summed E-state index contributed by atoms with van der Waals surface area (Å²) < 4.78 is 9.14. The van der Waals surface area contributed by atoms with Gasteiger partial charge in [0.15, 0.2) is 5.82 Å². The summed E-state index contributed by atoms with van der Waals surface area (Å²) >= 11 is 0. The lowest BCUT2D eigenvalue weighted by Crippen LogP contribution is -1.97. The van der Waals surface area contributed by atoms with Gasteiger partial charge in [-0.1, -0.05) is 5.16 Å². The van der Waals surface area contributed by atoms with Crippen molar-refractivity contribution in [2.75, 3.05) is 7.11 Å². The summed E-state index contributed by atoms with van der Waals surface area (Å²) in [6.45, 7) is 0.271. The van der Waals surface area contributed by atoms with E-state index < -0.39 is 0 Å². The number of nitrogens with two attached hydrogens (primary N) is 1. The van der Waals surface area contributed by atoms with Gasteiger partial charge in [0.2, 0.25) is 0 Å². The van der Waals surface area contributed by atoms with Crippen molar-refractivity contribution < 1.29 is 9.26 Å². The lowest BCUT2D eigenvalue weighted by Gasteiger charge is -1.82. The first-order chi connectivity index (χ1) is 4.36. The number of methoxy groups -OCH3 is 1. The maximum atomic E-state index is 5.18. The molecule has 0 spiro atoms. The number of hydrogen-bond acceptors (Lipinski definition) is 5. The molecule has 0 saturated heterocycles. The Morgan fingerprint density at radius 3 is 2.89 bits per heavy atom. The predicted molar refractivity (Wildman–Crippen MR) is 28.7 cm³/mol. The Morgan fingerprint density at radius 2 is 2.56 bits per heavy atom. The quantitative estimate of drug-likeness (QED) is 0.584. The fraction of sp³-hybridized carbons (Fsp3) is 0.500. The van der Waals surface area contributed by atoms with Gasteiger partial charge in [-0.2, -0.15) is 4.98 Å². The van der Waals surface area contributed by atoms with E-state index in [1.54, 1.807) is 0 Å². The van der Waals surface area contributed by atoms with E-state index in [4.69, 9.17) is 5.73 Å². The van der Waals surface area contributed by atoms with Gasteiger partial charge in [0.1, 0.15) is 0 Å². The van der Waals surface area contributed by atoms with Crippen molar-refractivity contribution in [3.8, 4) is 6.08 Å². The molecule has 0 radical (unpaired) electrons. The average Bonchev–Trinajstić information content (AvgIpc) is 2.34. The Hall–Kier alpha value is -1.10. The fourth-order valence-electron chi connectivity index (χ4n) is 0.404. The lowest BCUT2D eigenvalue weighted by atomic mass is 10.6. The van der Waals surface area contributed by atoms with E-state index in [2.05, 4.69) is 19.4 Å². The van der Waals surface area contributed by atoms with Gasteiger partial charge in [0.05, 0.1) is 13.7 Å². The molecule has 5 nitrogen and oxygen atoms in total. The summed E-state index contributed by atoms with van der Waals surface area (Å²) in [7, 11) is 1.45. The van der Waals surface area contributed by atoms with Crippen LogP contribution in [0.15, 0.2) is 4.52 Å². The van der Waals surface area contributed by atoms with E-state index >= 15 is 0 Å². The lowest BCUT2D eigenvalue weighted by molar-refractivity contribution is 0.250. The molecule has 5 heteroatoms. The Labute approximate surface area is 51.8 Å². The van der Waals surface area contributed by atoms with Crippen molar-refractivity contribution in [3.63, 3.8) is 0 Å². The maximum absolute atomic E-state index is 5.18. The molecule has 0 fully saturated rings. The number of rotatable bonds is 2. The standard InChI is InChI=1S/C4H7N3O2/c1-8-4-6-3(2-5)7-9-4/h2,5H2,1H3. The van der Waals surface area contributed by atoms with Crippen LogP contribution in [0.5, 0.6) is 6.08 Å². The van der Waals surface area contributed by atoms with Gasteiger partial charge in [0.25, 0.3) is 0 Å². The van der Waals surface area contributed by atoms with E-state index in [1.807, 2.05) is 0 Å². The molecular formula is C4H7N3O2. The zero-order valence-electron chi connectivity index (χ0n) is 5.00. The first-order valence-electron chi connectivity index (χ1n) is 2.43. The molecule has 50 valence electrons. The predicted octanol–water partition coefficient (Wildman–Crippen LogP) is -0.463. The minimum Gasteiger partial charge on any atom is -0.452 e. The number of hydrogen-bond donors (Lipinski definition) is 1. The second-order valence-electron chi connectivity index (χ2n) is 1.38. The van der Waals surface area contributed by atoms with Crippen molar-refractivity contribution in [2.45, 2.75) is 6.54 Å². The van der Waals surface area contributed by atoms with Crippen LogP contribution < -0.4 is 10.5 Å². The van der Waals surface area contributed by atoms with Crippen molar-refractivity contribution >= 4 is 0 Å². The van der Waals surface area contributed by atoms with E-state index in [9.17, 15) is 0 Å². The molecule has 2 N–H and O–H groups in total. The topological polar surface area (TPSA) is 74.2 Å². The summed E-state index contributed by atoms with van der Waals surface area (Å²) in [6.07, 6.45) is 0.149. The van der Waals surface area contributed by atoms with Gasteiger partial charge in [-0.3, -0.25) is 4.52 Å². The first kappa shape index (κ1) is 6.03. The molecule has 9 heavy (non-hydrogen) atoms. The summed E-state index contributed by atoms with van der Waals surface area (Å²) in [5.41, 5.74) is 5.18. The normalized spacial score (nSPS) is 9.56. The van der Waals surface area contributed by atoms with Crippen molar-refractivity contribution in [1.82, 2.24) is 10.1 Å². The van der Waals surface area contributed by atoms with Crippen LogP contribution in [0.2, 0.25) is 0 Å². The fourth-order valence-corrected chi connectivity index (χ4v) is 0.404. The van der Waals surface area contributed by atoms with Crippen molar-refractivity contribution in [2.24, 2.45) is 5.73 Å². The largest absolute Gasteiger partial charge is 0.452 e. The maximum Gasteiger partial charge on any atom is 0.417 e. The van der Waals surface area contributed by atoms with Gasteiger partial charge in [-0.05, 0) is 0 Å². The third kappa shape index (κ3) is 1.17. The third-order valence-electron chi connectivity index (χ3n) is 0.807. The van der Waals surface area contributed by atoms with Crippen LogP contribution in [0.25, 0.3) is 0 Å².